The largest absolute Gasteiger partial charge is 0.501 e. The minimum Gasteiger partial charge on any atom is -0.501 e. The second kappa shape index (κ2) is 6.10. The van der Waals surface area contributed by atoms with Crippen LogP contribution in [0, 0.1) is 5.92 Å². The van der Waals surface area contributed by atoms with E-state index in [4.69, 9.17) is 4.74 Å². The van der Waals surface area contributed by atoms with Crippen LogP contribution in [0.3, 0.4) is 0 Å². The Morgan fingerprint density at radius 2 is 2.08 bits per heavy atom. The molecule has 1 rings (SSSR count). The highest BCUT2D eigenvalue weighted by atomic mass is 16.5. The average Bonchev–Trinajstić information content (AvgIpc) is 2.57. The van der Waals surface area contributed by atoms with Crippen LogP contribution in [-0.4, -0.2) is 6.61 Å². The van der Waals surface area contributed by atoms with Crippen molar-refractivity contribution in [3.05, 3.63) is 12.3 Å². The molecule has 1 aliphatic heterocycles. The van der Waals surface area contributed by atoms with E-state index >= 15 is 0 Å². The molecule has 1 unspecified atom stereocenters. The molecule has 0 amide bonds. The molecule has 0 bridgehead atoms. The molecule has 0 aliphatic carbocycles. The lowest BCUT2D eigenvalue weighted by atomic mass is 10.0. The Kier molecular flexibility index (Phi) is 4.89. The standard InChI is InChI=1S/C11H20O/c1-2-3-4-5-6-7-11-8-9-12-10-11/h8-9,11H,2-7,10H2,1H3. The fourth-order valence-electron chi connectivity index (χ4n) is 1.59. The van der Waals surface area contributed by atoms with Crippen molar-refractivity contribution in [3.63, 3.8) is 0 Å². The molecule has 0 saturated carbocycles. The van der Waals surface area contributed by atoms with E-state index in [9.17, 15) is 0 Å². The van der Waals surface area contributed by atoms with Crippen LogP contribution in [-0.2, 0) is 4.74 Å². The van der Waals surface area contributed by atoms with E-state index in [0.29, 0.717) is 5.92 Å². The second-order valence-electron chi connectivity index (χ2n) is 3.62. The molecule has 1 heterocycles. The Morgan fingerprint density at radius 1 is 1.25 bits per heavy atom. The van der Waals surface area contributed by atoms with Crippen molar-refractivity contribution in [3.8, 4) is 0 Å². The van der Waals surface area contributed by atoms with Crippen molar-refractivity contribution in [2.24, 2.45) is 5.92 Å². The maximum atomic E-state index is 5.15. The molecule has 0 fully saturated rings. The van der Waals surface area contributed by atoms with Gasteiger partial charge in [0.2, 0.25) is 0 Å². The Balaban J connectivity index is 1.85. The van der Waals surface area contributed by atoms with Crippen molar-refractivity contribution in [1.82, 2.24) is 0 Å². The summed E-state index contributed by atoms with van der Waals surface area (Å²) in [7, 11) is 0. The molecule has 1 aliphatic rings. The van der Waals surface area contributed by atoms with Gasteiger partial charge >= 0.3 is 0 Å². The average molecular weight is 168 g/mol. The Hall–Kier alpha value is -0.460. The minimum atomic E-state index is 0.714. The van der Waals surface area contributed by atoms with Gasteiger partial charge in [0.15, 0.2) is 0 Å². The zero-order chi connectivity index (χ0) is 8.65. The van der Waals surface area contributed by atoms with Gasteiger partial charge in [0.1, 0.15) is 0 Å². The summed E-state index contributed by atoms with van der Waals surface area (Å²) >= 11 is 0. The zero-order valence-corrected chi connectivity index (χ0v) is 8.09. The third-order valence-corrected chi connectivity index (χ3v) is 2.44. The molecule has 0 radical (unpaired) electrons. The van der Waals surface area contributed by atoms with E-state index in [-0.39, 0.29) is 0 Å². The molecule has 0 aromatic heterocycles. The molecular weight excluding hydrogens is 148 g/mol. The number of hydrogen-bond donors (Lipinski definition) is 0. The van der Waals surface area contributed by atoms with Gasteiger partial charge in [-0.05, 0) is 12.5 Å². The molecule has 0 aromatic rings. The predicted molar refractivity (Wildman–Crippen MR) is 52.0 cm³/mol. The maximum absolute atomic E-state index is 5.15. The number of hydrogen-bond acceptors (Lipinski definition) is 1. The predicted octanol–water partition coefficient (Wildman–Crippen LogP) is 3.51. The maximum Gasteiger partial charge on any atom is 0.0936 e. The number of rotatable bonds is 6. The van der Waals surface area contributed by atoms with E-state index in [1.165, 1.54) is 38.5 Å². The summed E-state index contributed by atoms with van der Waals surface area (Å²) in [4.78, 5) is 0. The first kappa shape index (κ1) is 9.63. The van der Waals surface area contributed by atoms with Crippen LogP contribution in [0.15, 0.2) is 12.3 Å². The van der Waals surface area contributed by atoms with Crippen LogP contribution in [0.25, 0.3) is 0 Å². The van der Waals surface area contributed by atoms with Gasteiger partial charge in [0, 0.05) is 5.92 Å². The summed E-state index contributed by atoms with van der Waals surface area (Å²) in [6.07, 6.45) is 12.3. The van der Waals surface area contributed by atoms with Gasteiger partial charge in [0.25, 0.3) is 0 Å². The van der Waals surface area contributed by atoms with E-state index in [0.717, 1.165) is 6.61 Å². The first-order chi connectivity index (χ1) is 5.93. The highest BCUT2D eigenvalue weighted by Crippen LogP contribution is 2.16. The molecule has 0 N–H and O–H groups in total. The van der Waals surface area contributed by atoms with Gasteiger partial charge < -0.3 is 4.74 Å². The summed E-state index contributed by atoms with van der Waals surface area (Å²) < 4.78 is 5.15. The molecule has 1 atom stereocenters. The third-order valence-electron chi connectivity index (χ3n) is 2.44. The Bertz CT molecular complexity index is 129. The van der Waals surface area contributed by atoms with Gasteiger partial charge in [-0.1, -0.05) is 39.0 Å². The minimum absolute atomic E-state index is 0.714. The molecule has 0 saturated heterocycles. The SMILES string of the molecule is CCCCCCCC1C=COC1. The summed E-state index contributed by atoms with van der Waals surface area (Å²) in [5.41, 5.74) is 0. The van der Waals surface area contributed by atoms with Crippen molar-refractivity contribution >= 4 is 0 Å². The monoisotopic (exact) mass is 168 g/mol. The quantitative estimate of drug-likeness (QED) is 0.551. The van der Waals surface area contributed by atoms with Crippen LogP contribution in [0.4, 0.5) is 0 Å². The molecular formula is C11H20O. The van der Waals surface area contributed by atoms with Gasteiger partial charge in [-0.15, -0.1) is 0 Å². The summed E-state index contributed by atoms with van der Waals surface area (Å²) in [5, 5.41) is 0. The molecule has 1 nitrogen and oxygen atoms in total. The number of unbranched alkanes of at least 4 members (excludes halogenated alkanes) is 4. The second-order valence-corrected chi connectivity index (χ2v) is 3.62. The van der Waals surface area contributed by atoms with E-state index in [1.807, 2.05) is 6.26 Å². The smallest absolute Gasteiger partial charge is 0.0936 e. The highest BCUT2D eigenvalue weighted by molar-refractivity contribution is 4.88. The van der Waals surface area contributed by atoms with Crippen molar-refractivity contribution < 1.29 is 4.74 Å². The van der Waals surface area contributed by atoms with E-state index in [1.54, 1.807) is 0 Å². The molecule has 12 heavy (non-hydrogen) atoms. The topological polar surface area (TPSA) is 9.23 Å². The number of ether oxygens (including phenoxy) is 1. The van der Waals surface area contributed by atoms with Crippen molar-refractivity contribution in [2.75, 3.05) is 6.61 Å². The summed E-state index contributed by atoms with van der Waals surface area (Å²) in [6, 6.07) is 0. The van der Waals surface area contributed by atoms with Crippen LogP contribution in [0.2, 0.25) is 0 Å². The van der Waals surface area contributed by atoms with Crippen LogP contribution in [0.5, 0.6) is 0 Å². The fraction of sp³-hybridized carbons (Fsp3) is 0.818. The molecule has 70 valence electrons. The van der Waals surface area contributed by atoms with Gasteiger partial charge in [0.05, 0.1) is 12.9 Å². The normalized spacial score (nSPS) is 21.2. The zero-order valence-electron chi connectivity index (χ0n) is 8.09. The third kappa shape index (κ3) is 3.80. The molecule has 1 heteroatoms. The summed E-state index contributed by atoms with van der Waals surface area (Å²) in [6.45, 7) is 3.18. The van der Waals surface area contributed by atoms with E-state index in [2.05, 4.69) is 13.0 Å². The molecule has 0 aromatic carbocycles. The van der Waals surface area contributed by atoms with Gasteiger partial charge in [-0.25, -0.2) is 0 Å². The van der Waals surface area contributed by atoms with Gasteiger partial charge in [-0.3, -0.25) is 0 Å². The lowest BCUT2D eigenvalue weighted by Gasteiger charge is -2.04. The van der Waals surface area contributed by atoms with Gasteiger partial charge in [-0.2, -0.15) is 0 Å². The lowest BCUT2D eigenvalue weighted by molar-refractivity contribution is 0.242. The van der Waals surface area contributed by atoms with Crippen molar-refractivity contribution in [1.29, 1.82) is 0 Å². The first-order valence-electron chi connectivity index (χ1n) is 5.21. The highest BCUT2D eigenvalue weighted by Gasteiger charge is 2.08. The molecule has 0 spiro atoms. The van der Waals surface area contributed by atoms with Crippen LogP contribution in [0.1, 0.15) is 45.4 Å². The summed E-state index contributed by atoms with van der Waals surface area (Å²) in [5.74, 6) is 0.714. The Morgan fingerprint density at radius 3 is 2.75 bits per heavy atom. The first-order valence-corrected chi connectivity index (χ1v) is 5.21. The van der Waals surface area contributed by atoms with Crippen LogP contribution >= 0.6 is 0 Å². The fourth-order valence-corrected chi connectivity index (χ4v) is 1.59. The van der Waals surface area contributed by atoms with Crippen LogP contribution < -0.4 is 0 Å². The van der Waals surface area contributed by atoms with Crippen molar-refractivity contribution in [2.45, 2.75) is 45.4 Å². The Labute approximate surface area is 75.8 Å². The van der Waals surface area contributed by atoms with E-state index < -0.39 is 0 Å². The lowest BCUT2D eigenvalue weighted by Crippen LogP contribution is -1.98.